The Kier molecular flexibility index (Phi) is 6.10. The van der Waals surface area contributed by atoms with Crippen LogP contribution in [-0.2, 0) is 0 Å². The van der Waals surface area contributed by atoms with Crippen molar-refractivity contribution in [1.82, 2.24) is 10.3 Å². The van der Waals surface area contributed by atoms with E-state index in [2.05, 4.69) is 26.2 Å². The minimum atomic E-state index is -0.354. The molecule has 2 atom stereocenters. The lowest BCUT2D eigenvalue weighted by Crippen LogP contribution is -2.29. The third-order valence-corrected chi connectivity index (χ3v) is 6.67. The third kappa shape index (κ3) is 4.19. The van der Waals surface area contributed by atoms with E-state index in [1.54, 1.807) is 24.4 Å². The largest absolute Gasteiger partial charge is 0.459 e. The van der Waals surface area contributed by atoms with Crippen LogP contribution in [0.15, 0.2) is 87.9 Å². The molecule has 3 heterocycles. The molecule has 5 nitrogen and oxygen atoms in total. The molecule has 0 aliphatic carbocycles. The Labute approximate surface area is 211 Å². The summed E-state index contributed by atoms with van der Waals surface area (Å²) in [6.07, 6.45) is 1.76. The fraction of sp³-hybridized carbons (Fsp3) is 0.154. The van der Waals surface area contributed by atoms with Gasteiger partial charge in [-0.2, -0.15) is 0 Å². The maximum Gasteiger partial charge on any atom is 0.174 e. The van der Waals surface area contributed by atoms with E-state index >= 15 is 0 Å². The quantitative estimate of drug-likeness (QED) is 0.294. The predicted octanol–water partition coefficient (Wildman–Crippen LogP) is 6.49. The standard InChI is InChI=1S/C26H22BrFN4OS/c1-31(2)17-7-9-18(10-8-17)32-25(24(30-26(32)34)21-5-3-4-14-29-21)23-13-12-22(33-23)19-11-6-16(27)15-20(19)28/h3-15,24-25H,1-2H3,(H,30,34). The zero-order valence-corrected chi connectivity index (χ0v) is 21.0. The van der Waals surface area contributed by atoms with Crippen LogP contribution in [0.5, 0.6) is 0 Å². The van der Waals surface area contributed by atoms with Gasteiger partial charge in [0.2, 0.25) is 0 Å². The van der Waals surface area contributed by atoms with Gasteiger partial charge < -0.3 is 19.5 Å². The zero-order chi connectivity index (χ0) is 23.8. The molecule has 0 amide bonds. The summed E-state index contributed by atoms with van der Waals surface area (Å²) in [6, 6.07) is 22.0. The highest BCUT2D eigenvalue weighted by molar-refractivity contribution is 9.10. The molecule has 4 aromatic rings. The Bertz CT molecular complexity index is 1330. The molecule has 8 heteroatoms. The number of aromatic nitrogens is 1. The average Bonchev–Trinajstić information content (AvgIpc) is 3.44. The second kappa shape index (κ2) is 9.19. The summed E-state index contributed by atoms with van der Waals surface area (Å²) in [5.41, 5.74) is 3.26. The van der Waals surface area contributed by atoms with Crippen LogP contribution < -0.4 is 15.1 Å². The van der Waals surface area contributed by atoms with Crippen molar-refractivity contribution in [3.05, 3.63) is 101 Å². The van der Waals surface area contributed by atoms with Crippen molar-refractivity contribution in [1.29, 1.82) is 0 Å². The van der Waals surface area contributed by atoms with Crippen molar-refractivity contribution in [2.24, 2.45) is 0 Å². The molecule has 34 heavy (non-hydrogen) atoms. The number of nitrogens with zero attached hydrogens (tertiary/aromatic N) is 3. The second-order valence-electron chi connectivity index (χ2n) is 8.23. The fourth-order valence-electron chi connectivity index (χ4n) is 4.18. The van der Waals surface area contributed by atoms with Crippen molar-refractivity contribution in [3.8, 4) is 11.3 Å². The van der Waals surface area contributed by atoms with Crippen LogP contribution in [0.1, 0.15) is 23.5 Å². The number of furan rings is 1. The maximum atomic E-state index is 14.6. The molecule has 0 saturated carbocycles. The molecule has 5 rings (SSSR count). The molecule has 2 aromatic carbocycles. The van der Waals surface area contributed by atoms with Gasteiger partial charge in [-0.3, -0.25) is 4.98 Å². The van der Waals surface area contributed by atoms with E-state index in [1.165, 1.54) is 6.07 Å². The topological polar surface area (TPSA) is 44.5 Å². The van der Waals surface area contributed by atoms with Crippen LogP contribution in [0.4, 0.5) is 15.8 Å². The number of benzene rings is 2. The van der Waals surface area contributed by atoms with E-state index in [1.807, 2.05) is 72.4 Å². The summed E-state index contributed by atoms with van der Waals surface area (Å²) in [7, 11) is 4.01. The number of hydrogen-bond donors (Lipinski definition) is 1. The van der Waals surface area contributed by atoms with Gasteiger partial charge in [-0.15, -0.1) is 0 Å². The van der Waals surface area contributed by atoms with E-state index in [0.29, 0.717) is 26.7 Å². The predicted molar refractivity (Wildman–Crippen MR) is 141 cm³/mol. The number of pyridine rings is 1. The minimum Gasteiger partial charge on any atom is -0.459 e. The molecule has 172 valence electrons. The Morgan fingerprint density at radius 1 is 1.06 bits per heavy atom. The first-order chi connectivity index (χ1) is 16.4. The van der Waals surface area contributed by atoms with Crippen LogP contribution in [0, 0.1) is 5.82 Å². The Morgan fingerprint density at radius 2 is 1.85 bits per heavy atom. The molecular weight excluding hydrogens is 515 g/mol. The van der Waals surface area contributed by atoms with Crippen molar-refractivity contribution in [3.63, 3.8) is 0 Å². The first-order valence-corrected chi connectivity index (χ1v) is 12.0. The van der Waals surface area contributed by atoms with E-state index in [0.717, 1.165) is 17.1 Å². The van der Waals surface area contributed by atoms with E-state index in [9.17, 15) is 4.39 Å². The Hall–Kier alpha value is -3.23. The molecular formula is C26H22BrFN4OS. The molecule has 0 bridgehead atoms. The molecule has 1 fully saturated rings. The summed E-state index contributed by atoms with van der Waals surface area (Å²) in [5.74, 6) is 0.769. The van der Waals surface area contributed by atoms with Crippen molar-refractivity contribution in [2.75, 3.05) is 23.9 Å². The van der Waals surface area contributed by atoms with Gasteiger partial charge in [-0.05, 0) is 78.9 Å². The van der Waals surface area contributed by atoms with Crippen molar-refractivity contribution < 1.29 is 8.81 Å². The lowest BCUT2D eigenvalue weighted by atomic mass is 10.0. The highest BCUT2D eigenvalue weighted by Crippen LogP contribution is 2.43. The van der Waals surface area contributed by atoms with Crippen LogP contribution >= 0.6 is 28.1 Å². The molecule has 1 aliphatic rings. The number of hydrogen-bond acceptors (Lipinski definition) is 4. The second-order valence-corrected chi connectivity index (χ2v) is 9.54. The number of halogens is 2. The number of thiocarbonyl (C=S) groups is 1. The van der Waals surface area contributed by atoms with Gasteiger partial charge in [0, 0.05) is 36.1 Å². The normalized spacial score (nSPS) is 17.6. The first-order valence-electron chi connectivity index (χ1n) is 10.8. The van der Waals surface area contributed by atoms with Gasteiger partial charge in [-0.25, -0.2) is 4.39 Å². The van der Waals surface area contributed by atoms with Gasteiger partial charge in [0.25, 0.3) is 0 Å². The van der Waals surface area contributed by atoms with Gasteiger partial charge in [-0.1, -0.05) is 22.0 Å². The van der Waals surface area contributed by atoms with Crippen LogP contribution in [0.2, 0.25) is 0 Å². The van der Waals surface area contributed by atoms with Gasteiger partial charge >= 0.3 is 0 Å². The number of nitrogens with one attached hydrogen (secondary N) is 1. The highest BCUT2D eigenvalue weighted by atomic mass is 79.9. The van der Waals surface area contributed by atoms with Crippen molar-refractivity contribution >= 4 is 44.6 Å². The van der Waals surface area contributed by atoms with Gasteiger partial charge in [0.1, 0.15) is 23.4 Å². The van der Waals surface area contributed by atoms with Gasteiger partial charge in [0.05, 0.1) is 17.3 Å². The van der Waals surface area contributed by atoms with Crippen LogP contribution in [0.3, 0.4) is 0 Å². The zero-order valence-electron chi connectivity index (χ0n) is 18.6. The average molecular weight is 537 g/mol. The summed E-state index contributed by atoms with van der Waals surface area (Å²) in [6.45, 7) is 0. The monoisotopic (exact) mass is 536 g/mol. The summed E-state index contributed by atoms with van der Waals surface area (Å²) in [4.78, 5) is 8.64. The fourth-order valence-corrected chi connectivity index (χ4v) is 4.86. The highest BCUT2D eigenvalue weighted by Gasteiger charge is 2.42. The number of anilines is 2. The molecule has 0 radical (unpaired) electrons. The molecule has 2 aromatic heterocycles. The smallest absolute Gasteiger partial charge is 0.174 e. The molecule has 1 saturated heterocycles. The third-order valence-electron chi connectivity index (χ3n) is 5.86. The SMILES string of the molecule is CN(C)c1ccc(N2C(=S)NC(c3ccccn3)C2c2ccc(-c3ccc(Br)cc3F)o2)cc1. The maximum absolute atomic E-state index is 14.6. The Balaban J connectivity index is 1.58. The van der Waals surface area contributed by atoms with Crippen molar-refractivity contribution in [2.45, 2.75) is 12.1 Å². The lowest BCUT2D eigenvalue weighted by molar-refractivity contribution is 0.438. The minimum absolute atomic E-state index is 0.240. The Morgan fingerprint density at radius 3 is 2.53 bits per heavy atom. The van der Waals surface area contributed by atoms with E-state index < -0.39 is 0 Å². The van der Waals surface area contributed by atoms with E-state index in [4.69, 9.17) is 16.6 Å². The first kappa shape index (κ1) is 22.6. The number of rotatable bonds is 5. The summed E-state index contributed by atoms with van der Waals surface area (Å²) >= 11 is 9.07. The molecule has 0 spiro atoms. The van der Waals surface area contributed by atoms with E-state index in [-0.39, 0.29) is 17.9 Å². The molecule has 1 aliphatic heterocycles. The summed E-state index contributed by atoms with van der Waals surface area (Å²) in [5, 5.41) is 3.99. The molecule has 1 N–H and O–H groups in total. The van der Waals surface area contributed by atoms with Crippen LogP contribution in [0.25, 0.3) is 11.3 Å². The lowest BCUT2D eigenvalue weighted by Gasteiger charge is -2.26. The van der Waals surface area contributed by atoms with Gasteiger partial charge in [0.15, 0.2) is 5.11 Å². The van der Waals surface area contributed by atoms with Crippen LogP contribution in [-0.4, -0.2) is 24.2 Å². The molecule has 2 unspecified atom stereocenters. The summed E-state index contributed by atoms with van der Waals surface area (Å²) < 4.78 is 21.6.